The van der Waals surface area contributed by atoms with Crippen molar-refractivity contribution in [3.63, 3.8) is 0 Å². The summed E-state index contributed by atoms with van der Waals surface area (Å²) in [6.07, 6.45) is -2.20. The number of halogens is 3. The van der Waals surface area contributed by atoms with E-state index in [1.165, 1.54) is 6.07 Å². The summed E-state index contributed by atoms with van der Waals surface area (Å²) in [5, 5.41) is 0. The second kappa shape index (κ2) is 4.94. The third-order valence-electron chi connectivity index (χ3n) is 1.94. The lowest BCUT2D eigenvalue weighted by Crippen LogP contribution is -2.20. The molecular formula is C12H16F3NO. The summed E-state index contributed by atoms with van der Waals surface area (Å²) in [7, 11) is 0. The summed E-state index contributed by atoms with van der Waals surface area (Å²) in [5.74, 6) is 0.208. The minimum absolute atomic E-state index is 0.0509. The van der Waals surface area contributed by atoms with Gasteiger partial charge in [-0.3, -0.25) is 4.98 Å². The molecule has 96 valence electrons. The fourth-order valence-corrected chi connectivity index (χ4v) is 1.35. The predicted molar refractivity (Wildman–Crippen MR) is 58.9 cm³/mol. The van der Waals surface area contributed by atoms with Gasteiger partial charge in [0.2, 0.25) is 0 Å². The van der Waals surface area contributed by atoms with Crippen molar-refractivity contribution < 1.29 is 17.9 Å². The molecule has 2 nitrogen and oxygen atoms in total. The number of alkyl halides is 3. The first-order chi connectivity index (χ1) is 7.67. The van der Waals surface area contributed by atoms with Crippen LogP contribution in [-0.4, -0.2) is 17.8 Å². The number of nitrogens with zero attached hydrogens (tertiary/aromatic N) is 1. The highest BCUT2D eigenvalue weighted by molar-refractivity contribution is 5.27. The van der Waals surface area contributed by atoms with Crippen molar-refractivity contribution >= 4 is 0 Å². The van der Waals surface area contributed by atoms with E-state index in [0.29, 0.717) is 12.1 Å². The number of rotatable bonds is 3. The standard InChI is InChI=1S/C12H16F3NO/c1-11(2,3)7-9-10(5-4-6-16-9)17-8-12(13,14)15/h4-6H,7-8H2,1-3H3. The molecule has 0 saturated carbocycles. The Labute approximate surface area is 98.8 Å². The Balaban J connectivity index is 2.78. The maximum absolute atomic E-state index is 12.1. The summed E-state index contributed by atoms with van der Waals surface area (Å²) >= 11 is 0. The highest BCUT2D eigenvalue weighted by Gasteiger charge is 2.29. The average Bonchev–Trinajstić information content (AvgIpc) is 2.12. The summed E-state index contributed by atoms with van der Waals surface area (Å²) in [4.78, 5) is 4.07. The molecule has 0 spiro atoms. The number of hydrogen-bond donors (Lipinski definition) is 0. The van der Waals surface area contributed by atoms with Crippen LogP contribution in [0.15, 0.2) is 18.3 Å². The zero-order valence-corrected chi connectivity index (χ0v) is 10.1. The fraction of sp³-hybridized carbons (Fsp3) is 0.583. The van der Waals surface area contributed by atoms with E-state index in [0.717, 1.165) is 0 Å². The molecular weight excluding hydrogens is 231 g/mol. The van der Waals surface area contributed by atoms with Gasteiger partial charge in [0.15, 0.2) is 6.61 Å². The van der Waals surface area contributed by atoms with Gasteiger partial charge in [-0.25, -0.2) is 0 Å². The van der Waals surface area contributed by atoms with Crippen molar-refractivity contribution in [2.75, 3.05) is 6.61 Å². The quantitative estimate of drug-likeness (QED) is 0.814. The molecule has 1 aromatic heterocycles. The molecule has 0 saturated heterocycles. The molecule has 0 unspecified atom stereocenters. The number of aromatic nitrogens is 1. The van der Waals surface area contributed by atoms with Gasteiger partial charge in [-0.2, -0.15) is 13.2 Å². The molecule has 1 heterocycles. The van der Waals surface area contributed by atoms with Gasteiger partial charge in [-0.05, 0) is 24.0 Å². The Hall–Kier alpha value is -1.26. The molecule has 0 fully saturated rings. The fourth-order valence-electron chi connectivity index (χ4n) is 1.35. The summed E-state index contributed by atoms with van der Waals surface area (Å²) in [6, 6.07) is 3.08. The minimum Gasteiger partial charge on any atom is -0.482 e. The molecule has 0 N–H and O–H groups in total. The van der Waals surface area contributed by atoms with Crippen molar-refractivity contribution in [2.45, 2.75) is 33.4 Å². The van der Waals surface area contributed by atoms with Gasteiger partial charge in [0.25, 0.3) is 0 Å². The maximum Gasteiger partial charge on any atom is 0.422 e. The predicted octanol–water partition coefficient (Wildman–Crippen LogP) is 3.61. The Kier molecular flexibility index (Phi) is 4.01. The van der Waals surface area contributed by atoms with E-state index in [2.05, 4.69) is 4.98 Å². The summed E-state index contributed by atoms with van der Waals surface area (Å²) in [5.41, 5.74) is 0.509. The van der Waals surface area contributed by atoms with Crippen LogP contribution in [0.5, 0.6) is 5.75 Å². The third kappa shape index (κ3) is 5.56. The first-order valence-electron chi connectivity index (χ1n) is 5.31. The zero-order valence-electron chi connectivity index (χ0n) is 10.1. The van der Waals surface area contributed by atoms with Gasteiger partial charge < -0.3 is 4.74 Å². The van der Waals surface area contributed by atoms with Crippen LogP contribution < -0.4 is 4.74 Å². The van der Waals surface area contributed by atoms with Gasteiger partial charge in [0.1, 0.15) is 5.75 Å². The lowest BCUT2D eigenvalue weighted by molar-refractivity contribution is -0.153. The topological polar surface area (TPSA) is 22.1 Å². The van der Waals surface area contributed by atoms with Gasteiger partial charge in [-0.1, -0.05) is 20.8 Å². The molecule has 0 radical (unpaired) electrons. The van der Waals surface area contributed by atoms with E-state index in [9.17, 15) is 13.2 Å². The van der Waals surface area contributed by atoms with Crippen LogP contribution in [0, 0.1) is 5.41 Å². The van der Waals surface area contributed by atoms with E-state index < -0.39 is 12.8 Å². The lowest BCUT2D eigenvalue weighted by Gasteiger charge is -2.19. The van der Waals surface area contributed by atoms with E-state index in [1.807, 2.05) is 20.8 Å². The third-order valence-corrected chi connectivity index (χ3v) is 1.94. The van der Waals surface area contributed by atoms with Crippen molar-refractivity contribution in [3.05, 3.63) is 24.0 Å². The number of ether oxygens (including phenoxy) is 1. The first kappa shape index (κ1) is 13.8. The summed E-state index contributed by atoms with van der Waals surface area (Å²) in [6.45, 7) is 4.70. The highest BCUT2D eigenvalue weighted by Crippen LogP contribution is 2.26. The molecule has 1 rings (SSSR count). The average molecular weight is 247 g/mol. The Morgan fingerprint density at radius 1 is 1.24 bits per heavy atom. The van der Waals surface area contributed by atoms with E-state index >= 15 is 0 Å². The van der Waals surface area contributed by atoms with Gasteiger partial charge in [0, 0.05) is 6.20 Å². The van der Waals surface area contributed by atoms with Crippen molar-refractivity contribution in [2.24, 2.45) is 5.41 Å². The lowest BCUT2D eigenvalue weighted by atomic mass is 9.90. The molecule has 5 heteroatoms. The van der Waals surface area contributed by atoms with E-state index in [4.69, 9.17) is 4.74 Å². The van der Waals surface area contributed by atoms with Crippen LogP contribution in [0.2, 0.25) is 0 Å². The van der Waals surface area contributed by atoms with E-state index in [-0.39, 0.29) is 11.2 Å². The monoisotopic (exact) mass is 247 g/mol. The van der Waals surface area contributed by atoms with Crippen LogP contribution in [0.25, 0.3) is 0 Å². The Morgan fingerprint density at radius 3 is 2.41 bits per heavy atom. The molecule has 0 amide bonds. The minimum atomic E-state index is -4.32. The highest BCUT2D eigenvalue weighted by atomic mass is 19.4. The Morgan fingerprint density at radius 2 is 1.88 bits per heavy atom. The van der Waals surface area contributed by atoms with Crippen LogP contribution >= 0.6 is 0 Å². The Bertz CT molecular complexity index is 369. The molecule has 0 aliphatic heterocycles. The van der Waals surface area contributed by atoms with Gasteiger partial charge in [0.05, 0.1) is 5.69 Å². The molecule has 1 aromatic rings. The van der Waals surface area contributed by atoms with Crippen molar-refractivity contribution in [1.29, 1.82) is 0 Å². The van der Waals surface area contributed by atoms with Crippen LogP contribution in [-0.2, 0) is 6.42 Å². The second-order valence-corrected chi connectivity index (χ2v) is 5.09. The molecule has 0 bridgehead atoms. The van der Waals surface area contributed by atoms with Gasteiger partial charge >= 0.3 is 6.18 Å². The molecule has 0 aliphatic rings. The summed E-state index contributed by atoms with van der Waals surface area (Å²) < 4.78 is 41.0. The van der Waals surface area contributed by atoms with E-state index in [1.54, 1.807) is 12.3 Å². The second-order valence-electron chi connectivity index (χ2n) is 5.09. The smallest absolute Gasteiger partial charge is 0.422 e. The molecule has 0 atom stereocenters. The number of hydrogen-bond acceptors (Lipinski definition) is 2. The molecule has 17 heavy (non-hydrogen) atoms. The SMILES string of the molecule is CC(C)(C)Cc1ncccc1OCC(F)(F)F. The number of pyridine rings is 1. The largest absolute Gasteiger partial charge is 0.482 e. The van der Waals surface area contributed by atoms with Crippen molar-refractivity contribution in [1.82, 2.24) is 4.98 Å². The molecule has 0 aromatic carbocycles. The molecule has 0 aliphatic carbocycles. The first-order valence-corrected chi connectivity index (χ1v) is 5.31. The van der Waals surface area contributed by atoms with Crippen molar-refractivity contribution in [3.8, 4) is 5.75 Å². The van der Waals surface area contributed by atoms with Crippen LogP contribution in [0.4, 0.5) is 13.2 Å². The van der Waals surface area contributed by atoms with Crippen LogP contribution in [0.3, 0.4) is 0 Å². The maximum atomic E-state index is 12.1. The zero-order chi connectivity index (χ0) is 13.1. The van der Waals surface area contributed by atoms with Gasteiger partial charge in [-0.15, -0.1) is 0 Å². The van der Waals surface area contributed by atoms with Crippen LogP contribution in [0.1, 0.15) is 26.5 Å². The normalized spacial score (nSPS) is 12.6.